The van der Waals surface area contributed by atoms with Gasteiger partial charge in [-0.3, -0.25) is 14.5 Å². The molecule has 0 N–H and O–H groups in total. The predicted octanol–water partition coefficient (Wildman–Crippen LogP) is 6.69. The highest BCUT2D eigenvalue weighted by Gasteiger charge is 2.35. The maximum Gasteiger partial charge on any atom is 0.293 e. The van der Waals surface area contributed by atoms with Crippen LogP contribution in [-0.2, 0) is 17.9 Å². The van der Waals surface area contributed by atoms with Crippen LogP contribution in [0.3, 0.4) is 0 Å². The normalized spacial score (nSPS) is 14.7. The molecule has 0 aromatic heterocycles. The van der Waals surface area contributed by atoms with Crippen molar-refractivity contribution in [2.45, 2.75) is 20.1 Å². The molecule has 34 heavy (non-hydrogen) atoms. The number of halogens is 2. The van der Waals surface area contributed by atoms with Crippen molar-refractivity contribution in [3.05, 3.63) is 99.2 Å². The minimum Gasteiger partial charge on any atom is -0.490 e. The Hall–Kier alpha value is -3.29. The second kappa shape index (κ2) is 10.8. The van der Waals surface area contributed by atoms with Crippen LogP contribution in [0, 0.1) is 5.82 Å². The van der Waals surface area contributed by atoms with E-state index in [1.165, 1.54) is 6.07 Å². The van der Waals surface area contributed by atoms with Gasteiger partial charge in [0.15, 0.2) is 11.5 Å². The lowest BCUT2D eigenvalue weighted by Gasteiger charge is -2.14. The van der Waals surface area contributed by atoms with Crippen LogP contribution in [0.1, 0.15) is 23.6 Å². The summed E-state index contributed by atoms with van der Waals surface area (Å²) in [5, 5.41) is 0.174. The van der Waals surface area contributed by atoms with Gasteiger partial charge in [0, 0.05) is 16.1 Å². The molecule has 0 saturated carbocycles. The van der Waals surface area contributed by atoms with E-state index in [0.717, 1.165) is 22.2 Å². The lowest BCUT2D eigenvalue weighted by molar-refractivity contribution is -0.123. The van der Waals surface area contributed by atoms with Crippen LogP contribution >= 0.6 is 23.4 Å². The number of thioether (sulfide) groups is 1. The minimum atomic E-state index is -0.463. The van der Waals surface area contributed by atoms with Crippen molar-refractivity contribution < 1.29 is 23.5 Å². The summed E-state index contributed by atoms with van der Waals surface area (Å²) in [6.07, 6.45) is 1.62. The standard InChI is InChI=1S/C26H21ClFNO4S/c1-2-32-23-13-17(11-12-22(23)33-16-19-8-3-5-9-20(19)27)14-24-25(30)29(26(31)34-24)15-18-7-4-6-10-21(18)28/h3-14H,2,15-16H2,1H3/b24-14+. The van der Waals surface area contributed by atoms with Gasteiger partial charge < -0.3 is 9.47 Å². The van der Waals surface area contributed by atoms with E-state index in [-0.39, 0.29) is 23.6 Å². The molecule has 0 spiro atoms. The fourth-order valence-electron chi connectivity index (χ4n) is 3.36. The SMILES string of the molecule is CCOc1cc(/C=C2/SC(=O)N(Cc3ccccc3F)C2=O)ccc1OCc1ccccc1Cl. The molecule has 3 aromatic carbocycles. The lowest BCUT2D eigenvalue weighted by Crippen LogP contribution is -2.27. The summed E-state index contributed by atoms with van der Waals surface area (Å²) in [5.74, 6) is 0.120. The van der Waals surface area contributed by atoms with Gasteiger partial charge >= 0.3 is 0 Å². The van der Waals surface area contributed by atoms with E-state index in [4.69, 9.17) is 21.1 Å². The number of imide groups is 1. The summed E-state index contributed by atoms with van der Waals surface area (Å²) in [5.41, 5.74) is 1.80. The molecular formula is C26H21ClFNO4S. The van der Waals surface area contributed by atoms with Gasteiger partial charge in [-0.2, -0.15) is 0 Å². The van der Waals surface area contributed by atoms with Gasteiger partial charge in [0.1, 0.15) is 12.4 Å². The van der Waals surface area contributed by atoms with Crippen molar-refractivity contribution in [1.82, 2.24) is 4.90 Å². The number of rotatable bonds is 8. The van der Waals surface area contributed by atoms with Gasteiger partial charge in [-0.05, 0) is 54.6 Å². The second-order valence-corrected chi connectivity index (χ2v) is 8.78. The molecule has 0 atom stereocenters. The Bertz CT molecular complexity index is 1260. The average molecular weight is 498 g/mol. The number of amides is 2. The summed E-state index contributed by atoms with van der Waals surface area (Å²) < 4.78 is 25.6. The van der Waals surface area contributed by atoms with E-state index in [1.54, 1.807) is 48.5 Å². The molecule has 0 aliphatic carbocycles. The molecular weight excluding hydrogens is 477 g/mol. The largest absolute Gasteiger partial charge is 0.490 e. The average Bonchev–Trinajstić information content (AvgIpc) is 3.08. The summed E-state index contributed by atoms with van der Waals surface area (Å²) in [7, 11) is 0. The topological polar surface area (TPSA) is 55.8 Å². The van der Waals surface area contributed by atoms with Crippen molar-refractivity contribution in [1.29, 1.82) is 0 Å². The van der Waals surface area contributed by atoms with E-state index >= 15 is 0 Å². The van der Waals surface area contributed by atoms with Crippen LogP contribution in [0.2, 0.25) is 5.02 Å². The molecule has 1 aliphatic rings. The predicted molar refractivity (Wildman–Crippen MR) is 131 cm³/mol. The Morgan fingerprint density at radius 3 is 2.44 bits per heavy atom. The third kappa shape index (κ3) is 5.43. The van der Waals surface area contributed by atoms with E-state index in [9.17, 15) is 14.0 Å². The van der Waals surface area contributed by atoms with Crippen LogP contribution in [0.15, 0.2) is 71.6 Å². The van der Waals surface area contributed by atoms with E-state index in [0.29, 0.717) is 28.7 Å². The minimum absolute atomic E-state index is 0.117. The number of hydrogen-bond acceptors (Lipinski definition) is 5. The highest BCUT2D eigenvalue weighted by molar-refractivity contribution is 8.18. The van der Waals surface area contributed by atoms with Gasteiger partial charge in [-0.1, -0.05) is 54.1 Å². The number of carbonyl (C=O) groups excluding carboxylic acids is 2. The second-order valence-electron chi connectivity index (χ2n) is 7.38. The van der Waals surface area contributed by atoms with Crippen LogP contribution in [0.4, 0.5) is 9.18 Å². The molecule has 4 rings (SSSR count). The van der Waals surface area contributed by atoms with Crippen molar-refractivity contribution in [3.63, 3.8) is 0 Å². The Balaban J connectivity index is 1.52. The van der Waals surface area contributed by atoms with Crippen molar-refractivity contribution in [2.75, 3.05) is 6.61 Å². The van der Waals surface area contributed by atoms with Crippen molar-refractivity contribution >= 4 is 40.6 Å². The Labute approximate surface area is 206 Å². The first kappa shape index (κ1) is 23.9. The monoisotopic (exact) mass is 497 g/mol. The first-order chi connectivity index (χ1) is 16.5. The zero-order valence-electron chi connectivity index (χ0n) is 18.3. The molecule has 0 radical (unpaired) electrons. The zero-order valence-corrected chi connectivity index (χ0v) is 19.9. The van der Waals surface area contributed by atoms with Crippen LogP contribution in [0.25, 0.3) is 6.08 Å². The Morgan fingerprint density at radius 2 is 1.71 bits per heavy atom. The Morgan fingerprint density at radius 1 is 0.971 bits per heavy atom. The summed E-state index contributed by atoms with van der Waals surface area (Å²) >= 11 is 7.03. The lowest BCUT2D eigenvalue weighted by atomic mass is 10.1. The summed E-state index contributed by atoms with van der Waals surface area (Å²) in [4.78, 5) is 26.6. The first-order valence-corrected chi connectivity index (χ1v) is 11.8. The maximum absolute atomic E-state index is 14.0. The van der Waals surface area contributed by atoms with E-state index < -0.39 is 17.0 Å². The van der Waals surface area contributed by atoms with Gasteiger partial charge in [0.05, 0.1) is 18.1 Å². The van der Waals surface area contributed by atoms with Gasteiger partial charge in [0.2, 0.25) is 0 Å². The summed E-state index contributed by atoms with van der Waals surface area (Å²) in [6.45, 7) is 2.44. The molecule has 2 amide bonds. The van der Waals surface area contributed by atoms with Gasteiger partial charge in [-0.25, -0.2) is 4.39 Å². The molecule has 3 aromatic rings. The fourth-order valence-corrected chi connectivity index (χ4v) is 4.39. The molecule has 0 bridgehead atoms. The molecule has 0 unspecified atom stereocenters. The number of benzene rings is 3. The number of ether oxygens (including phenoxy) is 2. The van der Waals surface area contributed by atoms with Gasteiger partial charge in [-0.15, -0.1) is 0 Å². The molecule has 1 fully saturated rings. The third-order valence-corrected chi connectivity index (χ3v) is 6.34. The van der Waals surface area contributed by atoms with E-state index in [1.807, 2.05) is 25.1 Å². The smallest absolute Gasteiger partial charge is 0.293 e. The van der Waals surface area contributed by atoms with Crippen LogP contribution in [0.5, 0.6) is 11.5 Å². The number of carbonyl (C=O) groups is 2. The van der Waals surface area contributed by atoms with Crippen LogP contribution in [-0.4, -0.2) is 22.7 Å². The fraction of sp³-hybridized carbons (Fsp3) is 0.154. The van der Waals surface area contributed by atoms with E-state index in [2.05, 4.69) is 0 Å². The molecule has 174 valence electrons. The molecule has 1 heterocycles. The third-order valence-electron chi connectivity index (χ3n) is 5.07. The van der Waals surface area contributed by atoms with Crippen LogP contribution < -0.4 is 9.47 Å². The molecule has 5 nitrogen and oxygen atoms in total. The number of nitrogens with zero attached hydrogens (tertiary/aromatic N) is 1. The highest BCUT2D eigenvalue weighted by atomic mass is 35.5. The highest BCUT2D eigenvalue weighted by Crippen LogP contribution is 2.36. The van der Waals surface area contributed by atoms with Crippen molar-refractivity contribution in [2.24, 2.45) is 0 Å². The molecule has 1 saturated heterocycles. The first-order valence-electron chi connectivity index (χ1n) is 10.6. The van der Waals surface area contributed by atoms with Gasteiger partial charge in [0.25, 0.3) is 11.1 Å². The quantitative estimate of drug-likeness (QED) is 0.324. The zero-order chi connectivity index (χ0) is 24.1. The maximum atomic E-state index is 14.0. The molecule has 1 aliphatic heterocycles. The summed E-state index contributed by atoms with van der Waals surface area (Å²) in [6, 6.07) is 18.8. The van der Waals surface area contributed by atoms with Crippen molar-refractivity contribution in [3.8, 4) is 11.5 Å². The Kier molecular flexibility index (Phi) is 7.55. The molecule has 8 heteroatoms. The number of hydrogen-bond donors (Lipinski definition) is 0.